The fourth-order valence-corrected chi connectivity index (χ4v) is 1.93. The van der Waals surface area contributed by atoms with E-state index in [1.54, 1.807) is 18.3 Å². The Labute approximate surface area is 95.2 Å². The minimum atomic E-state index is -0.284. The smallest absolute Gasteiger partial charge is 0.339 e. The lowest BCUT2D eigenvalue weighted by Crippen LogP contribution is -2.30. The number of likely N-dealkylation sites (N-methyl/N-ethyl adjacent to an activating group) is 1. The molecule has 0 radical (unpaired) electrons. The molecule has 0 aromatic carbocycles. The van der Waals surface area contributed by atoms with Crippen LogP contribution < -0.4 is 0 Å². The normalized spacial score (nSPS) is 20.9. The molecule has 1 aromatic rings. The molecule has 2 rings (SSSR count). The highest BCUT2D eigenvalue weighted by atomic mass is 16.5. The molecule has 0 bridgehead atoms. The molecule has 0 spiro atoms. The number of carbonyl (C=O) groups is 1. The van der Waals surface area contributed by atoms with Gasteiger partial charge in [0.25, 0.3) is 0 Å². The highest BCUT2D eigenvalue weighted by Gasteiger charge is 2.22. The van der Waals surface area contributed by atoms with Crippen LogP contribution in [0.2, 0.25) is 0 Å². The van der Waals surface area contributed by atoms with Crippen LogP contribution in [0, 0.1) is 0 Å². The fraction of sp³-hybridized carbons (Fsp3) is 0.500. The summed E-state index contributed by atoms with van der Waals surface area (Å²) in [6, 6.07) is 3.83. The lowest BCUT2D eigenvalue weighted by molar-refractivity contribution is 0.0415. The maximum atomic E-state index is 11.6. The van der Waals surface area contributed by atoms with Gasteiger partial charge >= 0.3 is 5.97 Å². The summed E-state index contributed by atoms with van der Waals surface area (Å²) >= 11 is 0. The van der Waals surface area contributed by atoms with Gasteiger partial charge in [-0.2, -0.15) is 0 Å². The molecule has 1 aliphatic heterocycles. The van der Waals surface area contributed by atoms with Gasteiger partial charge in [0.1, 0.15) is 6.61 Å². The van der Waals surface area contributed by atoms with Crippen molar-refractivity contribution in [1.29, 1.82) is 0 Å². The molecule has 0 aliphatic carbocycles. The Balaban J connectivity index is 1.84. The molecule has 2 heterocycles. The van der Waals surface area contributed by atoms with Gasteiger partial charge in [-0.05, 0) is 38.6 Å². The quantitative estimate of drug-likeness (QED) is 0.721. The van der Waals surface area contributed by atoms with Gasteiger partial charge in [-0.25, -0.2) is 4.79 Å². The SMILES string of the molecule is CN1CCC[C@H]1COC(=O)c1cccnc1. The monoisotopic (exact) mass is 220 g/mol. The molecule has 0 amide bonds. The number of ether oxygens (including phenoxy) is 1. The average molecular weight is 220 g/mol. The molecule has 4 nitrogen and oxygen atoms in total. The van der Waals surface area contributed by atoms with Crippen molar-refractivity contribution in [1.82, 2.24) is 9.88 Å². The van der Waals surface area contributed by atoms with Crippen LogP contribution in [0.1, 0.15) is 23.2 Å². The first-order chi connectivity index (χ1) is 7.77. The van der Waals surface area contributed by atoms with E-state index in [0.717, 1.165) is 13.0 Å². The van der Waals surface area contributed by atoms with Crippen LogP contribution in [0.25, 0.3) is 0 Å². The highest BCUT2D eigenvalue weighted by Crippen LogP contribution is 2.15. The number of likely N-dealkylation sites (tertiary alicyclic amines) is 1. The van der Waals surface area contributed by atoms with E-state index in [-0.39, 0.29) is 5.97 Å². The summed E-state index contributed by atoms with van der Waals surface area (Å²) < 4.78 is 5.26. The van der Waals surface area contributed by atoms with Crippen molar-refractivity contribution in [2.75, 3.05) is 20.2 Å². The minimum absolute atomic E-state index is 0.284. The molecule has 1 saturated heterocycles. The first-order valence-electron chi connectivity index (χ1n) is 5.55. The maximum Gasteiger partial charge on any atom is 0.339 e. The van der Waals surface area contributed by atoms with Crippen LogP contribution in [-0.2, 0) is 4.74 Å². The summed E-state index contributed by atoms with van der Waals surface area (Å²) in [6.45, 7) is 1.57. The second-order valence-corrected chi connectivity index (χ2v) is 4.12. The summed E-state index contributed by atoms with van der Waals surface area (Å²) in [7, 11) is 2.07. The summed E-state index contributed by atoms with van der Waals surface area (Å²) in [5.41, 5.74) is 0.517. The van der Waals surface area contributed by atoms with Crippen molar-refractivity contribution in [2.24, 2.45) is 0 Å². The predicted molar refractivity (Wildman–Crippen MR) is 60.2 cm³/mol. The Kier molecular flexibility index (Phi) is 3.51. The average Bonchev–Trinajstić information content (AvgIpc) is 2.73. The third-order valence-electron chi connectivity index (χ3n) is 2.98. The zero-order chi connectivity index (χ0) is 11.4. The predicted octanol–water partition coefficient (Wildman–Crippen LogP) is 1.33. The molecule has 1 fully saturated rings. The van der Waals surface area contributed by atoms with Gasteiger partial charge in [0.05, 0.1) is 5.56 Å². The van der Waals surface area contributed by atoms with E-state index in [2.05, 4.69) is 16.9 Å². The first kappa shape index (κ1) is 11.1. The summed E-state index contributed by atoms with van der Waals surface area (Å²) in [5.74, 6) is -0.284. The Hall–Kier alpha value is -1.42. The number of esters is 1. The van der Waals surface area contributed by atoms with Gasteiger partial charge in [-0.1, -0.05) is 0 Å². The second kappa shape index (κ2) is 5.07. The van der Waals surface area contributed by atoms with Crippen LogP contribution in [0.4, 0.5) is 0 Å². The number of nitrogens with zero attached hydrogens (tertiary/aromatic N) is 2. The number of pyridine rings is 1. The summed E-state index contributed by atoms with van der Waals surface area (Å²) in [6.07, 6.45) is 5.46. The maximum absolute atomic E-state index is 11.6. The zero-order valence-corrected chi connectivity index (χ0v) is 9.43. The minimum Gasteiger partial charge on any atom is -0.460 e. The third-order valence-corrected chi connectivity index (χ3v) is 2.98. The van der Waals surface area contributed by atoms with E-state index >= 15 is 0 Å². The molecule has 86 valence electrons. The van der Waals surface area contributed by atoms with Gasteiger partial charge in [-0.15, -0.1) is 0 Å². The van der Waals surface area contributed by atoms with Gasteiger partial charge in [0, 0.05) is 18.4 Å². The van der Waals surface area contributed by atoms with Crippen LogP contribution in [0.3, 0.4) is 0 Å². The van der Waals surface area contributed by atoms with Crippen molar-refractivity contribution in [3.63, 3.8) is 0 Å². The van der Waals surface area contributed by atoms with Crippen LogP contribution in [0.15, 0.2) is 24.5 Å². The number of carbonyl (C=O) groups excluding carboxylic acids is 1. The van der Waals surface area contributed by atoms with Crippen LogP contribution in [-0.4, -0.2) is 42.1 Å². The van der Waals surface area contributed by atoms with E-state index in [1.807, 2.05) is 0 Å². The summed E-state index contributed by atoms with van der Waals surface area (Å²) in [5, 5.41) is 0. The molecule has 1 aliphatic rings. The number of hydrogen-bond acceptors (Lipinski definition) is 4. The molecular weight excluding hydrogens is 204 g/mol. The van der Waals surface area contributed by atoms with Crippen molar-refractivity contribution in [2.45, 2.75) is 18.9 Å². The number of rotatable bonds is 3. The Bertz CT molecular complexity index is 353. The summed E-state index contributed by atoms with van der Waals surface area (Å²) in [4.78, 5) is 17.7. The van der Waals surface area contributed by atoms with Gasteiger partial charge < -0.3 is 9.64 Å². The Morgan fingerprint density at radius 3 is 3.19 bits per heavy atom. The highest BCUT2D eigenvalue weighted by molar-refractivity contribution is 5.88. The number of aromatic nitrogens is 1. The molecule has 0 N–H and O–H groups in total. The fourth-order valence-electron chi connectivity index (χ4n) is 1.93. The molecule has 0 saturated carbocycles. The van der Waals surface area contributed by atoms with Gasteiger partial charge in [0.15, 0.2) is 0 Å². The Morgan fingerprint density at radius 1 is 1.69 bits per heavy atom. The van der Waals surface area contributed by atoms with E-state index in [9.17, 15) is 4.79 Å². The van der Waals surface area contributed by atoms with Crippen molar-refractivity contribution in [3.8, 4) is 0 Å². The number of hydrogen-bond donors (Lipinski definition) is 0. The standard InChI is InChI=1S/C12H16N2O2/c1-14-7-3-5-11(14)9-16-12(15)10-4-2-6-13-8-10/h2,4,6,8,11H,3,5,7,9H2,1H3/t11-/m0/s1. The molecule has 1 aromatic heterocycles. The van der Waals surface area contributed by atoms with Crippen LogP contribution in [0.5, 0.6) is 0 Å². The van der Waals surface area contributed by atoms with Gasteiger partial charge in [0.2, 0.25) is 0 Å². The second-order valence-electron chi connectivity index (χ2n) is 4.12. The van der Waals surface area contributed by atoms with Crippen molar-refractivity contribution in [3.05, 3.63) is 30.1 Å². The van der Waals surface area contributed by atoms with E-state index in [1.165, 1.54) is 12.6 Å². The topological polar surface area (TPSA) is 42.4 Å². The van der Waals surface area contributed by atoms with Gasteiger partial charge in [-0.3, -0.25) is 4.98 Å². The largest absolute Gasteiger partial charge is 0.460 e. The zero-order valence-electron chi connectivity index (χ0n) is 9.43. The Morgan fingerprint density at radius 2 is 2.56 bits per heavy atom. The van der Waals surface area contributed by atoms with Crippen molar-refractivity contribution < 1.29 is 9.53 Å². The van der Waals surface area contributed by atoms with E-state index in [4.69, 9.17) is 4.74 Å². The van der Waals surface area contributed by atoms with Crippen LogP contribution >= 0.6 is 0 Å². The first-order valence-corrected chi connectivity index (χ1v) is 5.55. The molecular formula is C12H16N2O2. The molecule has 16 heavy (non-hydrogen) atoms. The lowest BCUT2D eigenvalue weighted by Gasteiger charge is -2.18. The molecule has 1 atom stereocenters. The van der Waals surface area contributed by atoms with E-state index in [0.29, 0.717) is 18.2 Å². The molecule has 4 heteroatoms. The van der Waals surface area contributed by atoms with Crippen molar-refractivity contribution >= 4 is 5.97 Å². The molecule has 0 unspecified atom stereocenters. The lowest BCUT2D eigenvalue weighted by atomic mass is 10.2. The third kappa shape index (κ3) is 2.58. The van der Waals surface area contributed by atoms with E-state index < -0.39 is 0 Å².